The Balaban J connectivity index is 1.54. The first kappa shape index (κ1) is 22.8. The van der Waals surface area contributed by atoms with Crippen molar-refractivity contribution in [2.45, 2.75) is 26.2 Å². The normalized spacial score (nSPS) is 13.9. The van der Waals surface area contributed by atoms with Crippen LogP contribution < -0.4 is 10.7 Å². The standard InChI is InChI=1S/C23H18F2N4O5/c1-12-20-18(27-28-22(30)13-5-8-15(9-6-13)29(32)33)3-2-4-19(20)34-21(12)23(31)26-17-10-7-14(24)11-16(17)25/h5-11H,2-4H2,1H3,(H,26,31)(H,28,30)/b27-18+. The summed E-state index contributed by atoms with van der Waals surface area (Å²) in [5, 5.41) is 17.3. The molecule has 0 saturated heterocycles. The number of rotatable bonds is 5. The third kappa shape index (κ3) is 4.53. The molecule has 9 nitrogen and oxygen atoms in total. The van der Waals surface area contributed by atoms with Gasteiger partial charge in [-0.2, -0.15) is 5.10 Å². The second kappa shape index (κ2) is 9.22. The van der Waals surface area contributed by atoms with Gasteiger partial charge in [0, 0.05) is 41.3 Å². The number of nitrogens with zero attached hydrogens (tertiary/aromatic N) is 2. The number of carbonyl (C=O) groups excluding carboxylic acids is 2. The average Bonchev–Trinajstić information content (AvgIpc) is 3.16. The molecule has 1 aliphatic rings. The molecule has 0 bridgehead atoms. The maximum atomic E-state index is 13.9. The van der Waals surface area contributed by atoms with Crippen molar-refractivity contribution in [3.8, 4) is 0 Å². The summed E-state index contributed by atoms with van der Waals surface area (Å²) in [4.78, 5) is 35.3. The molecule has 4 rings (SSSR count). The first-order valence-electron chi connectivity index (χ1n) is 10.2. The van der Waals surface area contributed by atoms with E-state index in [9.17, 15) is 28.5 Å². The van der Waals surface area contributed by atoms with Gasteiger partial charge in [0.25, 0.3) is 17.5 Å². The lowest BCUT2D eigenvalue weighted by atomic mass is 9.93. The van der Waals surface area contributed by atoms with Gasteiger partial charge in [0.2, 0.25) is 0 Å². The largest absolute Gasteiger partial charge is 0.455 e. The van der Waals surface area contributed by atoms with Crippen LogP contribution in [0.15, 0.2) is 52.0 Å². The van der Waals surface area contributed by atoms with Crippen LogP contribution in [0.2, 0.25) is 0 Å². The highest BCUT2D eigenvalue weighted by atomic mass is 19.1. The summed E-state index contributed by atoms with van der Waals surface area (Å²) in [6.07, 6.45) is 1.73. The average molecular weight is 468 g/mol. The van der Waals surface area contributed by atoms with Crippen LogP contribution in [0.25, 0.3) is 0 Å². The Morgan fingerprint density at radius 1 is 1.09 bits per heavy atom. The lowest BCUT2D eigenvalue weighted by Gasteiger charge is -2.13. The Kier molecular flexibility index (Phi) is 6.17. The molecular weight excluding hydrogens is 450 g/mol. The summed E-state index contributed by atoms with van der Waals surface area (Å²) in [5.74, 6) is -2.47. The Labute approximate surface area is 191 Å². The number of hydrazone groups is 1. The maximum absolute atomic E-state index is 13.9. The number of amides is 2. The fraction of sp³-hybridized carbons (Fsp3) is 0.174. The maximum Gasteiger partial charge on any atom is 0.291 e. The number of nitro groups is 1. The fourth-order valence-electron chi connectivity index (χ4n) is 3.68. The van der Waals surface area contributed by atoms with Crippen LogP contribution in [0.1, 0.15) is 50.6 Å². The van der Waals surface area contributed by atoms with E-state index in [1.807, 2.05) is 0 Å². The van der Waals surface area contributed by atoms with E-state index in [0.717, 1.165) is 12.1 Å². The van der Waals surface area contributed by atoms with Crippen molar-refractivity contribution in [2.24, 2.45) is 5.10 Å². The second-order valence-corrected chi connectivity index (χ2v) is 7.59. The van der Waals surface area contributed by atoms with Crippen LogP contribution in [0.5, 0.6) is 0 Å². The molecule has 1 aliphatic carbocycles. The smallest absolute Gasteiger partial charge is 0.291 e. The molecule has 0 unspecified atom stereocenters. The number of halogens is 2. The number of hydrogen-bond donors (Lipinski definition) is 2. The number of fused-ring (bicyclic) bond motifs is 1. The SMILES string of the molecule is Cc1c(C(=O)Nc2ccc(F)cc2F)oc2c1/C(=N/NC(=O)c1ccc([N+](=O)[O-])cc1)CCC2. The Bertz CT molecular complexity index is 1330. The lowest BCUT2D eigenvalue weighted by molar-refractivity contribution is -0.384. The van der Waals surface area contributed by atoms with Crippen molar-refractivity contribution in [3.63, 3.8) is 0 Å². The van der Waals surface area contributed by atoms with E-state index >= 15 is 0 Å². The number of nitrogens with one attached hydrogen (secondary N) is 2. The van der Waals surface area contributed by atoms with Gasteiger partial charge in [-0.3, -0.25) is 19.7 Å². The van der Waals surface area contributed by atoms with E-state index in [1.165, 1.54) is 24.3 Å². The van der Waals surface area contributed by atoms with Crippen molar-refractivity contribution in [1.29, 1.82) is 0 Å². The van der Waals surface area contributed by atoms with Crippen molar-refractivity contribution >= 4 is 28.9 Å². The molecule has 3 aromatic rings. The number of benzene rings is 2. The van der Waals surface area contributed by atoms with Crippen LogP contribution in [0.4, 0.5) is 20.2 Å². The minimum absolute atomic E-state index is 0.0370. The number of aryl methyl sites for hydroxylation is 1. The number of nitro benzene ring substituents is 1. The zero-order valence-electron chi connectivity index (χ0n) is 17.9. The molecule has 174 valence electrons. The van der Waals surface area contributed by atoms with E-state index in [-0.39, 0.29) is 22.7 Å². The van der Waals surface area contributed by atoms with Crippen LogP contribution in [0.3, 0.4) is 0 Å². The van der Waals surface area contributed by atoms with Gasteiger partial charge < -0.3 is 9.73 Å². The fourth-order valence-corrected chi connectivity index (χ4v) is 3.68. The van der Waals surface area contributed by atoms with Gasteiger partial charge in [-0.25, -0.2) is 14.2 Å². The first-order chi connectivity index (χ1) is 16.2. The van der Waals surface area contributed by atoms with Gasteiger partial charge in [-0.15, -0.1) is 0 Å². The summed E-state index contributed by atoms with van der Waals surface area (Å²) >= 11 is 0. The predicted molar refractivity (Wildman–Crippen MR) is 118 cm³/mol. The molecule has 1 heterocycles. The number of hydrogen-bond acceptors (Lipinski definition) is 6. The topological polar surface area (TPSA) is 127 Å². The monoisotopic (exact) mass is 468 g/mol. The van der Waals surface area contributed by atoms with Gasteiger partial charge in [0.1, 0.15) is 17.4 Å². The van der Waals surface area contributed by atoms with Crippen molar-refractivity contribution < 1.29 is 27.7 Å². The molecule has 0 aliphatic heterocycles. The summed E-state index contributed by atoms with van der Waals surface area (Å²) in [6.45, 7) is 1.65. The van der Waals surface area contributed by atoms with E-state index in [1.54, 1.807) is 6.92 Å². The molecule has 2 N–H and O–H groups in total. The highest BCUT2D eigenvalue weighted by Crippen LogP contribution is 2.30. The van der Waals surface area contributed by atoms with E-state index < -0.39 is 28.4 Å². The lowest BCUT2D eigenvalue weighted by Crippen LogP contribution is -2.22. The highest BCUT2D eigenvalue weighted by Gasteiger charge is 2.28. The summed E-state index contributed by atoms with van der Waals surface area (Å²) < 4.78 is 32.8. The Morgan fingerprint density at radius 3 is 2.50 bits per heavy atom. The highest BCUT2D eigenvalue weighted by molar-refractivity contribution is 6.09. The molecule has 0 atom stereocenters. The van der Waals surface area contributed by atoms with Crippen LogP contribution in [-0.4, -0.2) is 22.4 Å². The third-order valence-corrected chi connectivity index (χ3v) is 5.34. The summed E-state index contributed by atoms with van der Waals surface area (Å²) in [7, 11) is 0. The van der Waals surface area contributed by atoms with Crippen LogP contribution >= 0.6 is 0 Å². The molecular formula is C23H18F2N4O5. The molecule has 2 aromatic carbocycles. The van der Waals surface area contributed by atoms with E-state index in [4.69, 9.17) is 4.42 Å². The third-order valence-electron chi connectivity index (χ3n) is 5.34. The number of anilines is 1. The van der Waals surface area contributed by atoms with E-state index in [0.29, 0.717) is 47.9 Å². The molecule has 0 fully saturated rings. The van der Waals surface area contributed by atoms with Gasteiger partial charge >= 0.3 is 0 Å². The first-order valence-corrected chi connectivity index (χ1v) is 10.2. The van der Waals surface area contributed by atoms with E-state index in [2.05, 4.69) is 15.8 Å². The Morgan fingerprint density at radius 2 is 1.82 bits per heavy atom. The number of non-ortho nitro benzene ring substituents is 1. The Hall–Kier alpha value is -4.41. The number of furan rings is 1. The minimum atomic E-state index is -0.918. The molecule has 2 amide bonds. The zero-order chi connectivity index (χ0) is 24.4. The van der Waals surface area contributed by atoms with Crippen LogP contribution in [0, 0.1) is 28.7 Å². The number of carbonyl (C=O) groups is 2. The molecule has 1 aromatic heterocycles. The quantitative estimate of drug-likeness (QED) is 0.421. The zero-order valence-corrected chi connectivity index (χ0v) is 17.9. The van der Waals surface area contributed by atoms with Gasteiger partial charge in [0.15, 0.2) is 5.76 Å². The van der Waals surface area contributed by atoms with Gasteiger partial charge in [-0.05, 0) is 44.0 Å². The molecule has 11 heteroatoms. The van der Waals surface area contributed by atoms with Gasteiger partial charge in [-0.1, -0.05) is 0 Å². The van der Waals surface area contributed by atoms with Crippen LogP contribution in [-0.2, 0) is 6.42 Å². The second-order valence-electron chi connectivity index (χ2n) is 7.59. The predicted octanol–water partition coefficient (Wildman–Crippen LogP) is 4.50. The van der Waals surface area contributed by atoms with Gasteiger partial charge in [0.05, 0.1) is 16.3 Å². The van der Waals surface area contributed by atoms with Crippen molar-refractivity contribution in [2.75, 3.05) is 5.32 Å². The molecule has 0 spiro atoms. The summed E-state index contributed by atoms with van der Waals surface area (Å²) in [6, 6.07) is 7.87. The van der Waals surface area contributed by atoms with Crippen molar-refractivity contribution in [3.05, 3.63) is 92.4 Å². The molecule has 0 saturated carbocycles. The van der Waals surface area contributed by atoms with Crippen molar-refractivity contribution in [1.82, 2.24) is 5.43 Å². The minimum Gasteiger partial charge on any atom is -0.455 e. The molecule has 34 heavy (non-hydrogen) atoms. The molecule has 0 radical (unpaired) electrons. The summed E-state index contributed by atoms with van der Waals surface area (Å²) in [5.41, 5.74) is 3.85.